The standard InChI is InChI=1S/C12H10O4S/c13-17(14,15)16-12-9-5-4-8-11(12)10-6-2-1-3-7-10/h1-9H,(H,13,14,15). The maximum atomic E-state index is 10.7. The highest BCUT2D eigenvalue weighted by atomic mass is 32.3. The lowest BCUT2D eigenvalue weighted by atomic mass is 10.1. The van der Waals surface area contributed by atoms with Gasteiger partial charge in [0.15, 0.2) is 5.75 Å². The molecule has 0 aromatic heterocycles. The first kappa shape index (κ1) is 11.6. The first-order valence-corrected chi connectivity index (χ1v) is 6.24. The molecule has 0 spiro atoms. The maximum Gasteiger partial charge on any atom is 0.446 e. The van der Waals surface area contributed by atoms with Crippen LogP contribution in [0.15, 0.2) is 54.6 Å². The maximum absolute atomic E-state index is 10.7. The van der Waals surface area contributed by atoms with Crippen molar-refractivity contribution in [3.05, 3.63) is 54.6 Å². The van der Waals surface area contributed by atoms with Crippen LogP contribution >= 0.6 is 0 Å². The Morgan fingerprint density at radius 2 is 1.47 bits per heavy atom. The van der Waals surface area contributed by atoms with Gasteiger partial charge in [-0.1, -0.05) is 48.5 Å². The van der Waals surface area contributed by atoms with Gasteiger partial charge in [0.05, 0.1) is 0 Å². The molecule has 2 aromatic carbocycles. The second-order valence-electron chi connectivity index (χ2n) is 3.37. The van der Waals surface area contributed by atoms with Gasteiger partial charge >= 0.3 is 10.4 Å². The normalized spacial score (nSPS) is 11.1. The fourth-order valence-corrected chi connectivity index (χ4v) is 1.88. The Bertz CT molecular complexity index is 605. The quantitative estimate of drug-likeness (QED) is 0.850. The van der Waals surface area contributed by atoms with Gasteiger partial charge in [-0.25, -0.2) is 0 Å². The second kappa shape index (κ2) is 4.57. The Balaban J connectivity index is 2.49. The third-order valence-electron chi connectivity index (χ3n) is 2.17. The Morgan fingerprint density at radius 1 is 0.882 bits per heavy atom. The summed E-state index contributed by atoms with van der Waals surface area (Å²) in [5.41, 5.74) is 1.41. The molecular weight excluding hydrogens is 240 g/mol. The number of para-hydroxylation sites is 1. The van der Waals surface area contributed by atoms with Crippen LogP contribution < -0.4 is 4.18 Å². The average Bonchev–Trinajstić information content (AvgIpc) is 2.29. The van der Waals surface area contributed by atoms with E-state index in [0.29, 0.717) is 5.56 Å². The van der Waals surface area contributed by atoms with Crippen LogP contribution in [0.25, 0.3) is 11.1 Å². The van der Waals surface area contributed by atoms with Crippen molar-refractivity contribution in [1.29, 1.82) is 0 Å². The molecular formula is C12H10O4S. The largest absolute Gasteiger partial charge is 0.446 e. The van der Waals surface area contributed by atoms with Crippen LogP contribution in [0.5, 0.6) is 5.75 Å². The van der Waals surface area contributed by atoms with Crippen molar-refractivity contribution < 1.29 is 17.2 Å². The first-order valence-electron chi connectivity index (χ1n) is 4.87. The SMILES string of the molecule is O=S(=O)(O)Oc1ccccc1-c1ccccc1. The molecule has 0 heterocycles. The molecule has 0 unspecified atom stereocenters. The summed E-state index contributed by atoms with van der Waals surface area (Å²) >= 11 is 0. The lowest BCUT2D eigenvalue weighted by Crippen LogP contribution is -2.07. The minimum absolute atomic E-state index is 0.0983. The second-order valence-corrected chi connectivity index (χ2v) is 4.40. The van der Waals surface area contributed by atoms with E-state index < -0.39 is 10.4 Å². The number of rotatable bonds is 3. The lowest BCUT2D eigenvalue weighted by molar-refractivity contribution is 0.387. The molecule has 0 aliphatic heterocycles. The van der Waals surface area contributed by atoms with Crippen molar-refractivity contribution in [2.24, 2.45) is 0 Å². The van der Waals surface area contributed by atoms with Crippen LogP contribution in [0.1, 0.15) is 0 Å². The molecule has 88 valence electrons. The Hall–Kier alpha value is -1.85. The molecule has 0 atom stereocenters. The zero-order chi connectivity index (χ0) is 12.3. The number of hydrogen-bond acceptors (Lipinski definition) is 3. The molecule has 0 bridgehead atoms. The van der Waals surface area contributed by atoms with Crippen LogP contribution in [0, 0.1) is 0 Å². The van der Waals surface area contributed by atoms with E-state index in [1.165, 1.54) is 6.07 Å². The summed E-state index contributed by atoms with van der Waals surface area (Å²) in [7, 11) is -4.51. The molecule has 2 rings (SSSR count). The molecule has 0 aliphatic rings. The minimum Gasteiger partial charge on any atom is -0.361 e. The van der Waals surface area contributed by atoms with Gasteiger partial charge in [0.2, 0.25) is 0 Å². The molecule has 0 saturated carbocycles. The van der Waals surface area contributed by atoms with Crippen LogP contribution in [0.2, 0.25) is 0 Å². The van der Waals surface area contributed by atoms with E-state index in [0.717, 1.165) is 5.56 Å². The fourth-order valence-electron chi connectivity index (χ4n) is 1.51. The molecule has 4 nitrogen and oxygen atoms in total. The summed E-state index contributed by atoms with van der Waals surface area (Å²) < 4.78 is 34.6. The van der Waals surface area contributed by atoms with Crippen LogP contribution in [-0.2, 0) is 10.4 Å². The minimum atomic E-state index is -4.51. The molecule has 0 saturated heterocycles. The molecule has 2 aromatic rings. The van der Waals surface area contributed by atoms with E-state index in [2.05, 4.69) is 4.18 Å². The van der Waals surface area contributed by atoms with Gasteiger partial charge in [-0.05, 0) is 11.6 Å². The molecule has 0 aliphatic carbocycles. The van der Waals surface area contributed by atoms with Crippen molar-refractivity contribution in [1.82, 2.24) is 0 Å². The Kier molecular flexibility index (Phi) is 3.12. The van der Waals surface area contributed by atoms with E-state index in [4.69, 9.17) is 4.55 Å². The summed E-state index contributed by atoms with van der Waals surface area (Å²) in [6, 6.07) is 15.8. The zero-order valence-electron chi connectivity index (χ0n) is 8.78. The highest BCUT2D eigenvalue weighted by Gasteiger charge is 2.11. The lowest BCUT2D eigenvalue weighted by Gasteiger charge is -2.08. The predicted octanol–water partition coefficient (Wildman–Crippen LogP) is 2.54. The first-order chi connectivity index (χ1) is 8.06. The predicted molar refractivity (Wildman–Crippen MR) is 64.1 cm³/mol. The topological polar surface area (TPSA) is 63.6 Å². The molecule has 0 radical (unpaired) electrons. The molecule has 1 N–H and O–H groups in total. The van der Waals surface area contributed by atoms with Crippen molar-refractivity contribution in [3.63, 3.8) is 0 Å². The smallest absolute Gasteiger partial charge is 0.361 e. The van der Waals surface area contributed by atoms with Gasteiger partial charge in [-0.2, -0.15) is 8.42 Å². The van der Waals surface area contributed by atoms with Crippen LogP contribution in [-0.4, -0.2) is 13.0 Å². The van der Waals surface area contributed by atoms with Crippen molar-refractivity contribution in [2.75, 3.05) is 0 Å². The van der Waals surface area contributed by atoms with E-state index in [1.54, 1.807) is 18.2 Å². The van der Waals surface area contributed by atoms with Crippen LogP contribution in [0.4, 0.5) is 0 Å². The van der Waals surface area contributed by atoms with Crippen molar-refractivity contribution in [2.45, 2.75) is 0 Å². The third-order valence-corrected chi connectivity index (χ3v) is 2.56. The van der Waals surface area contributed by atoms with Crippen LogP contribution in [0.3, 0.4) is 0 Å². The monoisotopic (exact) mass is 250 g/mol. The summed E-state index contributed by atoms with van der Waals surface area (Å²) in [6.07, 6.45) is 0. The Labute approximate surface area is 99.4 Å². The summed E-state index contributed by atoms with van der Waals surface area (Å²) in [6.45, 7) is 0. The summed E-state index contributed by atoms with van der Waals surface area (Å²) in [5, 5.41) is 0. The summed E-state index contributed by atoms with van der Waals surface area (Å²) in [4.78, 5) is 0. The van der Waals surface area contributed by atoms with Crippen molar-refractivity contribution >= 4 is 10.4 Å². The highest BCUT2D eigenvalue weighted by molar-refractivity contribution is 7.81. The van der Waals surface area contributed by atoms with Gasteiger partial charge in [-0.3, -0.25) is 4.55 Å². The average molecular weight is 250 g/mol. The van der Waals surface area contributed by atoms with Crippen molar-refractivity contribution in [3.8, 4) is 16.9 Å². The molecule has 0 amide bonds. The highest BCUT2D eigenvalue weighted by Crippen LogP contribution is 2.30. The molecule has 17 heavy (non-hydrogen) atoms. The number of hydrogen-bond donors (Lipinski definition) is 1. The number of benzene rings is 2. The van der Waals surface area contributed by atoms with E-state index in [1.807, 2.05) is 30.3 Å². The van der Waals surface area contributed by atoms with Gasteiger partial charge < -0.3 is 4.18 Å². The van der Waals surface area contributed by atoms with E-state index >= 15 is 0 Å². The Morgan fingerprint density at radius 3 is 2.12 bits per heavy atom. The van der Waals surface area contributed by atoms with Gasteiger partial charge in [0, 0.05) is 5.56 Å². The van der Waals surface area contributed by atoms with Gasteiger partial charge in [0.25, 0.3) is 0 Å². The molecule has 5 heteroatoms. The summed E-state index contributed by atoms with van der Waals surface area (Å²) in [5.74, 6) is 0.0983. The third kappa shape index (κ3) is 3.05. The van der Waals surface area contributed by atoms with Gasteiger partial charge in [-0.15, -0.1) is 0 Å². The molecule has 0 fully saturated rings. The zero-order valence-corrected chi connectivity index (χ0v) is 9.59. The van der Waals surface area contributed by atoms with E-state index in [-0.39, 0.29) is 5.75 Å². The van der Waals surface area contributed by atoms with E-state index in [9.17, 15) is 8.42 Å². The fraction of sp³-hybridized carbons (Fsp3) is 0. The van der Waals surface area contributed by atoms with Gasteiger partial charge in [0.1, 0.15) is 0 Å².